The molecule has 0 radical (unpaired) electrons. The molecule has 0 unspecified atom stereocenters. The van der Waals surface area contributed by atoms with Crippen molar-refractivity contribution in [3.05, 3.63) is 60.7 Å². The van der Waals surface area contributed by atoms with E-state index in [1.54, 1.807) is 0 Å². The Hall–Kier alpha value is -1.37. The van der Waals surface area contributed by atoms with Crippen molar-refractivity contribution in [1.29, 1.82) is 0 Å². The number of aryl methyl sites for hydroxylation is 1. The van der Waals surface area contributed by atoms with Crippen LogP contribution in [0.1, 0.15) is 24.0 Å². The Morgan fingerprint density at radius 3 is 2.50 bits per heavy atom. The number of hydrogen-bond donors (Lipinski definition) is 0. The molecule has 0 aliphatic carbocycles. The van der Waals surface area contributed by atoms with Gasteiger partial charge < -0.3 is 0 Å². The van der Waals surface area contributed by atoms with Gasteiger partial charge in [-0.1, -0.05) is 0 Å². The number of benzene rings is 1. The van der Waals surface area contributed by atoms with E-state index in [4.69, 9.17) is 0 Å². The zero-order valence-corrected chi connectivity index (χ0v) is 9.91. The zero-order valence-electron chi connectivity index (χ0n) is 9.91. The Balaban J connectivity index is 2.70. The van der Waals surface area contributed by atoms with Crippen molar-refractivity contribution in [2.45, 2.75) is 25.7 Å². The van der Waals surface area contributed by atoms with E-state index >= 15 is 0 Å². The third-order valence-corrected chi connectivity index (χ3v) is 2.68. The molecule has 0 saturated carbocycles. The van der Waals surface area contributed by atoms with Gasteiger partial charge in [0.2, 0.25) is 0 Å². The zero-order chi connectivity index (χ0) is 11.8. The molecule has 1 heteroatoms. The van der Waals surface area contributed by atoms with Crippen molar-refractivity contribution in [1.82, 2.24) is 0 Å². The minimum atomic E-state index is 0.910. The second-order valence-electron chi connectivity index (χ2n) is 3.99. The first-order chi connectivity index (χ1) is 7.77. The Morgan fingerprint density at radius 2 is 1.88 bits per heavy atom. The van der Waals surface area contributed by atoms with Crippen LogP contribution in [-0.2, 0) is 12.8 Å². The third-order valence-electron chi connectivity index (χ3n) is 2.68. The van der Waals surface area contributed by atoms with Gasteiger partial charge >= 0.3 is 99.3 Å². The van der Waals surface area contributed by atoms with Crippen LogP contribution in [0.3, 0.4) is 0 Å². The molecule has 1 aromatic rings. The van der Waals surface area contributed by atoms with Gasteiger partial charge in [-0.2, -0.15) is 0 Å². The van der Waals surface area contributed by atoms with Crippen molar-refractivity contribution >= 4 is 13.0 Å². The quantitative estimate of drug-likeness (QED) is 0.368. The first-order valence-electron chi connectivity index (χ1n) is 5.75. The first kappa shape index (κ1) is 12.7. The fourth-order valence-corrected chi connectivity index (χ4v) is 1.73. The van der Waals surface area contributed by atoms with Crippen LogP contribution in [0.4, 0.5) is 0 Å². The molecule has 0 bridgehead atoms. The molecule has 0 aromatic heterocycles. The predicted octanol–water partition coefficient (Wildman–Crippen LogP) is 3.00. The summed E-state index contributed by atoms with van der Waals surface area (Å²) in [6.45, 7) is 7.50. The summed E-state index contributed by atoms with van der Waals surface area (Å²) in [7, 11) is 3.97. The molecule has 1 rings (SSSR count). The van der Waals surface area contributed by atoms with E-state index in [1.165, 1.54) is 17.5 Å². The molecule has 0 fully saturated rings. The van der Waals surface area contributed by atoms with Crippen LogP contribution in [0.25, 0.3) is 0 Å². The first-order valence-corrected chi connectivity index (χ1v) is 5.75. The van der Waals surface area contributed by atoms with Gasteiger partial charge in [0.15, 0.2) is 0 Å². The molecule has 16 heavy (non-hydrogen) atoms. The van der Waals surface area contributed by atoms with Crippen LogP contribution in [0, 0.1) is 0 Å². The Kier molecular flexibility index (Phi) is 5.56. The summed E-state index contributed by atoms with van der Waals surface area (Å²) in [5.41, 5.74) is 3.87. The molecule has 0 N–H and O–H groups in total. The SMILES string of the molecule is B=C(C=C)Cc1ccccc1CCCC=C. The molecule has 0 spiro atoms. The Bertz CT molecular complexity index is 377. The fraction of sp³-hybridized carbons (Fsp3) is 0.267. The molecule has 82 valence electrons. The van der Waals surface area contributed by atoms with Gasteiger partial charge in [-0.3, -0.25) is 0 Å². The fourth-order valence-electron chi connectivity index (χ4n) is 1.73. The van der Waals surface area contributed by atoms with Gasteiger partial charge in [0.25, 0.3) is 0 Å². The Labute approximate surface area is 99.8 Å². The number of hydrogen-bond acceptors (Lipinski definition) is 0. The number of unbranched alkanes of at least 4 members (excludes halogenated alkanes) is 1. The van der Waals surface area contributed by atoms with Crippen LogP contribution in [0.5, 0.6) is 0 Å². The van der Waals surface area contributed by atoms with Crippen LogP contribution in [0.2, 0.25) is 0 Å². The van der Waals surface area contributed by atoms with E-state index in [9.17, 15) is 0 Å². The van der Waals surface area contributed by atoms with Gasteiger partial charge in [0.1, 0.15) is 0 Å². The summed E-state index contributed by atoms with van der Waals surface area (Å²) in [6.07, 6.45) is 8.09. The van der Waals surface area contributed by atoms with E-state index in [2.05, 4.69) is 44.9 Å². The second-order valence-corrected chi connectivity index (χ2v) is 3.99. The molecule has 0 aliphatic heterocycles. The van der Waals surface area contributed by atoms with Crippen molar-refractivity contribution in [3.8, 4) is 0 Å². The maximum absolute atomic E-state index is 3.97. The van der Waals surface area contributed by atoms with Crippen LogP contribution in [0.15, 0.2) is 49.6 Å². The van der Waals surface area contributed by atoms with E-state index in [0.717, 1.165) is 24.7 Å². The summed E-state index contributed by atoms with van der Waals surface area (Å²) in [5.74, 6) is 0. The van der Waals surface area contributed by atoms with E-state index in [-0.39, 0.29) is 0 Å². The maximum atomic E-state index is 3.97. The summed E-state index contributed by atoms with van der Waals surface area (Å²) in [5, 5.41) is 0. The number of rotatable bonds is 7. The molecule has 0 saturated heterocycles. The summed E-state index contributed by atoms with van der Waals surface area (Å²) < 4.78 is 0. The molecule has 0 heterocycles. The van der Waals surface area contributed by atoms with Crippen LogP contribution in [-0.4, -0.2) is 13.0 Å². The molecule has 0 atom stereocenters. The van der Waals surface area contributed by atoms with Gasteiger partial charge in [0, 0.05) is 0 Å². The normalized spacial score (nSPS) is 9.69. The predicted molar refractivity (Wildman–Crippen MR) is 75.6 cm³/mol. The third kappa shape index (κ3) is 4.02. The molecule has 0 aliphatic rings. The van der Waals surface area contributed by atoms with E-state index in [1.807, 2.05) is 12.2 Å². The molecular weight excluding hydrogens is 191 g/mol. The van der Waals surface area contributed by atoms with Gasteiger partial charge in [0.05, 0.1) is 0 Å². The minimum absolute atomic E-state index is 0.910. The second kappa shape index (κ2) is 7.00. The van der Waals surface area contributed by atoms with Crippen LogP contribution >= 0.6 is 0 Å². The molecule has 0 amide bonds. The van der Waals surface area contributed by atoms with Crippen LogP contribution < -0.4 is 0 Å². The molecule has 1 aromatic carbocycles. The Morgan fingerprint density at radius 1 is 1.19 bits per heavy atom. The average molecular weight is 210 g/mol. The van der Waals surface area contributed by atoms with Crippen molar-refractivity contribution in [2.24, 2.45) is 0 Å². The standard InChI is InChI=1S/C15H19B/c1-3-5-6-9-13-10-7-8-11-14(13)12-15(16)4-2/h3-4,7-8,10-11,16H,1-2,5-6,9,12H2. The van der Waals surface area contributed by atoms with Crippen molar-refractivity contribution in [3.63, 3.8) is 0 Å². The van der Waals surface area contributed by atoms with E-state index < -0.39 is 0 Å². The van der Waals surface area contributed by atoms with Gasteiger partial charge in [-0.25, -0.2) is 0 Å². The summed E-state index contributed by atoms with van der Waals surface area (Å²) in [6, 6.07) is 8.57. The molecule has 0 nitrogen and oxygen atoms in total. The topological polar surface area (TPSA) is 0 Å². The molecular formula is C15H19B. The number of allylic oxidation sites excluding steroid dienone is 2. The van der Waals surface area contributed by atoms with E-state index in [0.29, 0.717) is 0 Å². The van der Waals surface area contributed by atoms with Gasteiger partial charge in [-0.15, -0.1) is 0 Å². The van der Waals surface area contributed by atoms with Crippen molar-refractivity contribution < 1.29 is 0 Å². The monoisotopic (exact) mass is 210 g/mol. The average Bonchev–Trinajstić information content (AvgIpc) is 2.31. The van der Waals surface area contributed by atoms with Crippen molar-refractivity contribution in [2.75, 3.05) is 0 Å². The summed E-state index contributed by atoms with van der Waals surface area (Å²) >= 11 is 0. The van der Waals surface area contributed by atoms with Gasteiger partial charge in [-0.05, 0) is 0 Å². The summed E-state index contributed by atoms with van der Waals surface area (Å²) in [4.78, 5) is 0.